The number of aromatic amines is 1. The number of fused-ring (bicyclic) bond motifs is 1. The average Bonchev–Trinajstić information content (AvgIpc) is 2.78. The van der Waals surface area contributed by atoms with E-state index in [-0.39, 0.29) is 11.9 Å². The molecule has 1 amide bonds. The number of nitrogens with one attached hydrogen (secondary N) is 2. The van der Waals surface area contributed by atoms with Gasteiger partial charge in [0, 0.05) is 12.2 Å². The van der Waals surface area contributed by atoms with Gasteiger partial charge >= 0.3 is 0 Å². The number of pyridine rings is 1. The van der Waals surface area contributed by atoms with Crippen molar-refractivity contribution >= 4 is 40.4 Å². The number of rotatable bonds is 6. The van der Waals surface area contributed by atoms with Crippen LogP contribution in [0.1, 0.15) is 26.7 Å². The molecule has 0 radical (unpaired) electrons. The van der Waals surface area contributed by atoms with E-state index < -0.39 is 0 Å². The Hall–Kier alpha value is -1.27. The maximum Gasteiger partial charge on any atom is 0.230 e. The van der Waals surface area contributed by atoms with Crippen molar-refractivity contribution in [2.45, 2.75) is 37.9 Å². The summed E-state index contributed by atoms with van der Waals surface area (Å²) in [6.07, 6.45) is 3.60. The van der Waals surface area contributed by atoms with E-state index in [1.165, 1.54) is 11.8 Å². The lowest BCUT2D eigenvalue weighted by Crippen LogP contribution is -2.33. The molecular weight excluding hydrogens is 296 g/mol. The van der Waals surface area contributed by atoms with Gasteiger partial charge in [-0.15, -0.1) is 0 Å². The topological polar surface area (TPSA) is 70.7 Å². The molecule has 0 fully saturated rings. The first-order chi connectivity index (χ1) is 9.58. The van der Waals surface area contributed by atoms with Crippen molar-refractivity contribution < 1.29 is 4.79 Å². The van der Waals surface area contributed by atoms with E-state index in [4.69, 9.17) is 11.6 Å². The number of aromatic nitrogens is 3. The molecule has 0 aromatic carbocycles. The summed E-state index contributed by atoms with van der Waals surface area (Å²) in [4.78, 5) is 23.3. The molecule has 1 atom stereocenters. The molecule has 0 unspecified atom stereocenters. The summed E-state index contributed by atoms with van der Waals surface area (Å²) in [7, 11) is 0. The molecule has 2 aromatic rings. The third-order valence-electron chi connectivity index (χ3n) is 2.75. The van der Waals surface area contributed by atoms with Crippen LogP contribution in [0.15, 0.2) is 17.4 Å². The third kappa shape index (κ3) is 4.11. The van der Waals surface area contributed by atoms with E-state index in [0.717, 1.165) is 18.4 Å². The number of carbonyl (C=O) groups is 1. The van der Waals surface area contributed by atoms with Crippen LogP contribution in [0.3, 0.4) is 0 Å². The van der Waals surface area contributed by atoms with Crippen LogP contribution in [0, 0.1) is 0 Å². The predicted molar refractivity (Wildman–Crippen MR) is 82.1 cm³/mol. The highest BCUT2D eigenvalue weighted by Crippen LogP contribution is 2.20. The maximum absolute atomic E-state index is 11.8. The van der Waals surface area contributed by atoms with E-state index in [0.29, 0.717) is 21.6 Å². The lowest BCUT2D eigenvalue weighted by atomic mass is 10.2. The fourth-order valence-electron chi connectivity index (χ4n) is 1.88. The van der Waals surface area contributed by atoms with Crippen molar-refractivity contribution in [2.75, 3.05) is 5.75 Å². The summed E-state index contributed by atoms with van der Waals surface area (Å²) in [5.74, 6) is 0.351. The number of hydrogen-bond donors (Lipinski definition) is 2. The average molecular weight is 313 g/mol. The molecule has 0 aliphatic heterocycles. The smallest absolute Gasteiger partial charge is 0.230 e. The van der Waals surface area contributed by atoms with Gasteiger partial charge in [-0.3, -0.25) is 4.79 Å². The van der Waals surface area contributed by atoms with Crippen LogP contribution in [0.25, 0.3) is 11.2 Å². The van der Waals surface area contributed by atoms with Gasteiger partial charge in [-0.05, 0) is 19.4 Å². The van der Waals surface area contributed by atoms with Crippen molar-refractivity contribution in [3.63, 3.8) is 0 Å². The van der Waals surface area contributed by atoms with Gasteiger partial charge in [0.15, 0.2) is 10.8 Å². The van der Waals surface area contributed by atoms with E-state index in [2.05, 4.69) is 27.2 Å². The van der Waals surface area contributed by atoms with Crippen LogP contribution in [0.2, 0.25) is 5.02 Å². The second-order valence-electron chi connectivity index (χ2n) is 4.61. The third-order valence-corrected chi connectivity index (χ3v) is 3.83. The van der Waals surface area contributed by atoms with Crippen LogP contribution in [-0.4, -0.2) is 32.7 Å². The van der Waals surface area contributed by atoms with Gasteiger partial charge in [-0.2, -0.15) is 0 Å². The Morgan fingerprint density at radius 1 is 1.60 bits per heavy atom. The van der Waals surface area contributed by atoms with Crippen LogP contribution < -0.4 is 5.32 Å². The van der Waals surface area contributed by atoms with Crippen molar-refractivity contribution in [3.8, 4) is 0 Å². The number of H-pyrrole nitrogens is 1. The molecule has 108 valence electrons. The summed E-state index contributed by atoms with van der Waals surface area (Å²) >= 11 is 7.22. The van der Waals surface area contributed by atoms with Crippen LogP contribution in [-0.2, 0) is 4.79 Å². The summed E-state index contributed by atoms with van der Waals surface area (Å²) in [6, 6.07) is 1.98. The molecule has 2 heterocycles. The van der Waals surface area contributed by atoms with Gasteiger partial charge in [0.05, 0.1) is 16.3 Å². The Morgan fingerprint density at radius 2 is 2.40 bits per heavy atom. The predicted octanol–water partition coefficient (Wildman–Crippen LogP) is 3.01. The number of amides is 1. The van der Waals surface area contributed by atoms with Gasteiger partial charge < -0.3 is 10.3 Å². The van der Waals surface area contributed by atoms with E-state index >= 15 is 0 Å². The first-order valence-corrected chi connectivity index (χ1v) is 7.88. The largest absolute Gasteiger partial charge is 0.353 e. The number of carbonyl (C=O) groups excluding carboxylic acids is 1. The molecule has 2 aromatic heterocycles. The molecule has 0 bridgehead atoms. The van der Waals surface area contributed by atoms with Crippen LogP contribution >= 0.6 is 23.4 Å². The van der Waals surface area contributed by atoms with Crippen LogP contribution in [0.4, 0.5) is 0 Å². The zero-order valence-corrected chi connectivity index (χ0v) is 13.0. The fraction of sp³-hybridized carbons (Fsp3) is 0.462. The molecule has 2 rings (SSSR count). The Bertz CT molecular complexity index is 601. The second-order valence-corrected chi connectivity index (χ2v) is 6.01. The standard InChI is InChI=1S/C13H17ClN4OS/c1-3-4-8(2)16-11(19)7-20-13-17-10-5-9(14)6-15-12(10)18-13/h5-6,8H,3-4,7H2,1-2H3,(H,16,19)(H,15,17,18)/t8-/m1/s1. The van der Waals surface area contributed by atoms with Crippen molar-refractivity contribution in [2.24, 2.45) is 0 Å². The number of thioether (sulfide) groups is 1. The van der Waals surface area contributed by atoms with Crippen molar-refractivity contribution in [1.82, 2.24) is 20.3 Å². The fourth-order valence-corrected chi connectivity index (χ4v) is 2.72. The summed E-state index contributed by atoms with van der Waals surface area (Å²) in [6.45, 7) is 4.11. The van der Waals surface area contributed by atoms with E-state index in [9.17, 15) is 4.79 Å². The minimum absolute atomic E-state index is 0.0161. The first-order valence-electron chi connectivity index (χ1n) is 6.52. The molecule has 0 saturated carbocycles. The minimum Gasteiger partial charge on any atom is -0.353 e. The lowest BCUT2D eigenvalue weighted by Gasteiger charge is -2.11. The summed E-state index contributed by atoms with van der Waals surface area (Å²) < 4.78 is 0. The molecular formula is C13H17ClN4OS. The minimum atomic E-state index is 0.0161. The van der Waals surface area contributed by atoms with Gasteiger partial charge in [0.2, 0.25) is 5.91 Å². The number of hydrogen-bond acceptors (Lipinski definition) is 4. The quantitative estimate of drug-likeness (QED) is 0.804. The van der Waals surface area contributed by atoms with E-state index in [1.54, 1.807) is 12.3 Å². The number of nitrogens with zero attached hydrogens (tertiary/aromatic N) is 2. The highest BCUT2D eigenvalue weighted by Gasteiger charge is 2.10. The van der Waals surface area contributed by atoms with Gasteiger partial charge in [-0.25, -0.2) is 9.97 Å². The summed E-state index contributed by atoms with van der Waals surface area (Å²) in [5, 5.41) is 4.19. The molecule has 2 N–H and O–H groups in total. The van der Waals surface area contributed by atoms with Crippen molar-refractivity contribution in [1.29, 1.82) is 0 Å². The Labute approximate surface area is 126 Å². The van der Waals surface area contributed by atoms with Gasteiger partial charge in [0.25, 0.3) is 0 Å². The normalized spacial score (nSPS) is 12.6. The summed E-state index contributed by atoms with van der Waals surface area (Å²) in [5.41, 5.74) is 1.39. The molecule has 7 heteroatoms. The van der Waals surface area contributed by atoms with Crippen molar-refractivity contribution in [3.05, 3.63) is 17.3 Å². The monoisotopic (exact) mass is 312 g/mol. The van der Waals surface area contributed by atoms with Crippen LogP contribution in [0.5, 0.6) is 0 Å². The Morgan fingerprint density at radius 3 is 3.15 bits per heavy atom. The van der Waals surface area contributed by atoms with E-state index in [1.807, 2.05) is 6.92 Å². The first kappa shape index (κ1) is 15.1. The highest BCUT2D eigenvalue weighted by atomic mass is 35.5. The molecule has 0 spiro atoms. The number of halogens is 1. The number of imidazole rings is 1. The zero-order chi connectivity index (χ0) is 14.5. The Kier molecular flexibility index (Phi) is 5.25. The molecule has 0 saturated heterocycles. The molecule has 0 aliphatic carbocycles. The zero-order valence-electron chi connectivity index (χ0n) is 11.4. The molecule has 5 nitrogen and oxygen atoms in total. The lowest BCUT2D eigenvalue weighted by molar-refractivity contribution is -0.119. The maximum atomic E-state index is 11.8. The molecule has 0 aliphatic rings. The van der Waals surface area contributed by atoms with Gasteiger partial charge in [-0.1, -0.05) is 36.7 Å². The highest BCUT2D eigenvalue weighted by molar-refractivity contribution is 7.99. The molecule has 20 heavy (non-hydrogen) atoms. The Balaban J connectivity index is 1.90. The SMILES string of the molecule is CCC[C@@H](C)NC(=O)CSc1nc2ncc(Cl)cc2[nH]1. The van der Waals surface area contributed by atoms with Gasteiger partial charge in [0.1, 0.15) is 0 Å². The second kappa shape index (κ2) is 6.95.